The Morgan fingerprint density at radius 1 is 1.33 bits per heavy atom. The van der Waals surface area contributed by atoms with Gasteiger partial charge < -0.3 is 4.74 Å². The van der Waals surface area contributed by atoms with Crippen LogP contribution in [0.4, 0.5) is 0 Å². The van der Waals surface area contributed by atoms with Crippen LogP contribution < -0.4 is 5.32 Å². The maximum absolute atomic E-state index is 5.97. The van der Waals surface area contributed by atoms with Crippen LogP contribution in [0.3, 0.4) is 0 Å². The summed E-state index contributed by atoms with van der Waals surface area (Å²) in [6.07, 6.45) is 2.66. The predicted octanol–water partition coefficient (Wildman–Crippen LogP) is 2.67. The second-order valence-electron chi connectivity index (χ2n) is 5.32. The quantitative estimate of drug-likeness (QED) is 0.774. The van der Waals surface area contributed by atoms with Gasteiger partial charge in [-0.3, -0.25) is 5.32 Å². The van der Waals surface area contributed by atoms with Gasteiger partial charge in [0.15, 0.2) is 0 Å². The highest BCUT2D eigenvalue weighted by atomic mass is 35.5. The third-order valence-corrected chi connectivity index (χ3v) is 4.47. The molecule has 0 aliphatic carbocycles. The van der Waals surface area contributed by atoms with E-state index in [1.807, 2.05) is 0 Å². The van der Waals surface area contributed by atoms with Gasteiger partial charge in [0.25, 0.3) is 0 Å². The Bertz CT molecular complexity index is 219. The molecule has 2 aliphatic heterocycles. The van der Waals surface area contributed by atoms with Gasteiger partial charge in [0.05, 0.1) is 6.61 Å². The van der Waals surface area contributed by atoms with E-state index in [0.717, 1.165) is 6.61 Å². The monoisotopic (exact) mass is 251 g/mol. The van der Waals surface area contributed by atoms with Crippen LogP contribution in [0.2, 0.25) is 0 Å². The van der Waals surface area contributed by atoms with Gasteiger partial charge in [-0.2, -0.15) is 11.8 Å². The lowest BCUT2D eigenvalue weighted by atomic mass is 9.93. The maximum atomic E-state index is 5.97. The SMILES string of the molecule is CC1(C)COC(C)(C2CCCSC2)N1.Cl. The molecule has 0 saturated carbocycles. The zero-order valence-corrected chi connectivity index (χ0v) is 11.5. The number of halogens is 1. The Morgan fingerprint density at radius 2 is 2.07 bits per heavy atom. The van der Waals surface area contributed by atoms with Gasteiger partial charge in [-0.05, 0) is 39.4 Å². The highest BCUT2D eigenvalue weighted by molar-refractivity contribution is 7.99. The van der Waals surface area contributed by atoms with Crippen molar-refractivity contribution >= 4 is 24.2 Å². The molecular formula is C11H22ClNOS. The third-order valence-electron chi connectivity index (χ3n) is 3.26. The molecule has 0 spiro atoms. The second-order valence-corrected chi connectivity index (χ2v) is 6.47. The first kappa shape index (κ1) is 13.6. The molecule has 2 unspecified atom stereocenters. The van der Waals surface area contributed by atoms with Gasteiger partial charge in [-0.15, -0.1) is 12.4 Å². The first-order valence-electron chi connectivity index (χ1n) is 5.53. The van der Waals surface area contributed by atoms with Crippen LogP contribution in [0.5, 0.6) is 0 Å². The number of hydrogen-bond acceptors (Lipinski definition) is 3. The number of hydrogen-bond donors (Lipinski definition) is 1. The fraction of sp³-hybridized carbons (Fsp3) is 1.00. The average molecular weight is 252 g/mol. The zero-order chi connectivity index (χ0) is 10.2. The first-order valence-corrected chi connectivity index (χ1v) is 6.68. The van der Waals surface area contributed by atoms with Crippen LogP contribution in [-0.2, 0) is 4.74 Å². The van der Waals surface area contributed by atoms with E-state index < -0.39 is 0 Å². The summed E-state index contributed by atoms with van der Waals surface area (Å²) in [4.78, 5) is 0. The minimum absolute atomic E-state index is 0. The molecule has 2 heterocycles. The van der Waals surface area contributed by atoms with Crippen molar-refractivity contribution in [3.05, 3.63) is 0 Å². The molecule has 4 heteroatoms. The Balaban J connectivity index is 0.00000112. The van der Waals surface area contributed by atoms with E-state index >= 15 is 0 Å². The molecule has 2 saturated heterocycles. The van der Waals surface area contributed by atoms with Crippen molar-refractivity contribution in [2.45, 2.75) is 44.9 Å². The molecule has 0 aromatic heterocycles. The molecule has 90 valence electrons. The van der Waals surface area contributed by atoms with Gasteiger partial charge in [0.1, 0.15) is 5.72 Å². The lowest BCUT2D eigenvalue weighted by Crippen LogP contribution is -2.52. The summed E-state index contributed by atoms with van der Waals surface area (Å²) < 4.78 is 5.97. The average Bonchev–Trinajstić information content (AvgIpc) is 2.44. The van der Waals surface area contributed by atoms with Crippen molar-refractivity contribution in [2.75, 3.05) is 18.1 Å². The third kappa shape index (κ3) is 3.02. The predicted molar refractivity (Wildman–Crippen MR) is 68.9 cm³/mol. The molecule has 1 N–H and O–H groups in total. The molecule has 2 fully saturated rings. The van der Waals surface area contributed by atoms with Crippen molar-refractivity contribution in [3.8, 4) is 0 Å². The topological polar surface area (TPSA) is 21.3 Å². The summed E-state index contributed by atoms with van der Waals surface area (Å²) in [5.74, 6) is 3.26. The van der Waals surface area contributed by atoms with Gasteiger partial charge >= 0.3 is 0 Å². The molecule has 0 radical (unpaired) electrons. The minimum atomic E-state index is -0.0725. The van der Waals surface area contributed by atoms with Crippen LogP contribution >= 0.6 is 24.2 Å². The van der Waals surface area contributed by atoms with E-state index in [1.165, 1.54) is 24.3 Å². The number of nitrogens with one attached hydrogen (secondary N) is 1. The molecule has 2 atom stereocenters. The van der Waals surface area contributed by atoms with Crippen molar-refractivity contribution in [1.82, 2.24) is 5.32 Å². The van der Waals surface area contributed by atoms with Crippen LogP contribution in [0, 0.1) is 5.92 Å². The summed E-state index contributed by atoms with van der Waals surface area (Å²) >= 11 is 2.07. The molecular weight excluding hydrogens is 230 g/mol. The Kier molecular flexibility index (Phi) is 4.38. The van der Waals surface area contributed by atoms with Gasteiger partial charge in [-0.25, -0.2) is 0 Å². The zero-order valence-electron chi connectivity index (χ0n) is 9.84. The van der Waals surface area contributed by atoms with E-state index in [4.69, 9.17) is 4.74 Å². The van der Waals surface area contributed by atoms with Crippen LogP contribution in [0.25, 0.3) is 0 Å². The highest BCUT2D eigenvalue weighted by Crippen LogP contribution is 2.36. The van der Waals surface area contributed by atoms with E-state index in [2.05, 4.69) is 37.8 Å². The molecule has 2 rings (SSSR count). The second kappa shape index (κ2) is 4.82. The fourth-order valence-electron chi connectivity index (χ4n) is 2.47. The number of thioether (sulfide) groups is 1. The lowest BCUT2D eigenvalue weighted by molar-refractivity contribution is -0.0389. The molecule has 2 aliphatic rings. The molecule has 2 nitrogen and oxygen atoms in total. The van der Waals surface area contributed by atoms with E-state index in [9.17, 15) is 0 Å². The Hall–Kier alpha value is 0.560. The van der Waals surface area contributed by atoms with Gasteiger partial charge in [0, 0.05) is 17.2 Å². The van der Waals surface area contributed by atoms with E-state index in [0.29, 0.717) is 5.92 Å². The number of rotatable bonds is 1. The summed E-state index contributed by atoms with van der Waals surface area (Å²) in [5.41, 5.74) is 0.0772. The number of ether oxygens (including phenoxy) is 1. The largest absolute Gasteiger partial charge is 0.359 e. The van der Waals surface area contributed by atoms with Crippen molar-refractivity contribution in [3.63, 3.8) is 0 Å². The molecule has 0 amide bonds. The van der Waals surface area contributed by atoms with Gasteiger partial charge in [0.2, 0.25) is 0 Å². The molecule has 15 heavy (non-hydrogen) atoms. The van der Waals surface area contributed by atoms with E-state index in [1.54, 1.807) is 0 Å². The smallest absolute Gasteiger partial charge is 0.120 e. The highest BCUT2D eigenvalue weighted by Gasteiger charge is 2.45. The van der Waals surface area contributed by atoms with Crippen LogP contribution in [0.1, 0.15) is 33.6 Å². The molecule has 0 bridgehead atoms. The van der Waals surface area contributed by atoms with Crippen molar-refractivity contribution in [1.29, 1.82) is 0 Å². The summed E-state index contributed by atoms with van der Waals surface area (Å²) in [6.45, 7) is 7.49. The van der Waals surface area contributed by atoms with Gasteiger partial charge in [-0.1, -0.05) is 0 Å². The Labute approximate surface area is 103 Å². The Morgan fingerprint density at radius 3 is 2.53 bits per heavy atom. The fourth-order valence-corrected chi connectivity index (χ4v) is 3.78. The lowest BCUT2D eigenvalue weighted by Gasteiger charge is -2.37. The van der Waals surface area contributed by atoms with Crippen LogP contribution in [0.15, 0.2) is 0 Å². The summed E-state index contributed by atoms with van der Waals surface area (Å²) in [6, 6.07) is 0. The first-order chi connectivity index (χ1) is 6.52. The minimum Gasteiger partial charge on any atom is -0.359 e. The van der Waals surface area contributed by atoms with Crippen LogP contribution in [-0.4, -0.2) is 29.4 Å². The summed E-state index contributed by atoms with van der Waals surface area (Å²) in [7, 11) is 0. The van der Waals surface area contributed by atoms with Crippen molar-refractivity contribution in [2.24, 2.45) is 5.92 Å². The van der Waals surface area contributed by atoms with Crippen molar-refractivity contribution < 1.29 is 4.74 Å². The normalized spacial score (nSPS) is 39.8. The maximum Gasteiger partial charge on any atom is 0.120 e. The summed E-state index contributed by atoms with van der Waals surface area (Å²) in [5, 5.41) is 3.64. The molecule has 0 aromatic rings. The van der Waals surface area contributed by atoms with E-state index in [-0.39, 0.29) is 23.7 Å². The molecule has 0 aromatic carbocycles. The standard InChI is InChI=1S/C11H21NOS.ClH/c1-10(2)8-13-11(3,12-10)9-5-4-6-14-7-9;/h9,12H,4-8H2,1-3H3;1H.